The largest absolute Gasteiger partial charge is 0.444 e. The number of ether oxygens (including phenoxy) is 1. The second kappa shape index (κ2) is 5.59. The predicted octanol–water partition coefficient (Wildman–Crippen LogP) is 1.72. The lowest BCUT2D eigenvalue weighted by Gasteiger charge is -2.35. The molecular formula is C13H24N2O3. The molecule has 1 heterocycles. The zero-order valence-corrected chi connectivity index (χ0v) is 12.0. The molecule has 5 heteroatoms. The summed E-state index contributed by atoms with van der Waals surface area (Å²) in [6, 6.07) is 0. The summed E-state index contributed by atoms with van der Waals surface area (Å²) >= 11 is 0. The molecule has 2 amide bonds. The van der Waals surface area contributed by atoms with Gasteiger partial charge in [0.1, 0.15) is 12.1 Å². The Morgan fingerprint density at radius 3 is 2.39 bits per heavy atom. The third kappa shape index (κ3) is 4.55. The van der Waals surface area contributed by atoms with Gasteiger partial charge in [-0.3, -0.25) is 9.69 Å². The highest BCUT2D eigenvalue weighted by atomic mass is 16.6. The number of carbonyl (C=O) groups is 2. The van der Waals surface area contributed by atoms with E-state index < -0.39 is 11.7 Å². The summed E-state index contributed by atoms with van der Waals surface area (Å²) in [5.74, 6) is 0.447. The first-order valence-corrected chi connectivity index (χ1v) is 6.45. The van der Waals surface area contributed by atoms with Gasteiger partial charge in [0, 0.05) is 19.6 Å². The predicted molar refractivity (Wildman–Crippen MR) is 69.2 cm³/mol. The van der Waals surface area contributed by atoms with Crippen molar-refractivity contribution < 1.29 is 14.3 Å². The van der Waals surface area contributed by atoms with Crippen LogP contribution in [0.4, 0.5) is 4.79 Å². The van der Waals surface area contributed by atoms with Crippen molar-refractivity contribution in [3.63, 3.8) is 0 Å². The van der Waals surface area contributed by atoms with Crippen LogP contribution in [-0.4, -0.2) is 53.6 Å². The van der Waals surface area contributed by atoms with Gasteiger partial charge in [-0.25, -0.2) is 4.79 Å². The Hall–Kier alpha value is -1.26. The summed E-state index contributed by atoms with van der Waals surface area (Å²) in [6.45, 7) is 11.6. The molecule has 0 radical (unpaired) electrons. The summed E-state index contributed by atoms with van der Waals surface area (Å²) in [7, 11) is 0. The molecule has 0 spiro atoms. The van der Waals surface area contributed by atoms with Crippen molar-refractivity contribution in [2.45, 2.75) is 40.2 Å². The second-order valence-corrected chi connectivity index (χ2v) is 6.14. The second-order valence-electron chi connectivity index (χ2n) is 6.14. The maximum Gasteiger partial charge on any atom is 0.410 e. The van der Waals surface area contributed by atoms with E-state index in [1.165, 1.54) is 4.90 Å². The number of amides is 2. The van der Waals surface area contributed by atoms with Crippen LogP contribution in [-0.2, 0) is 9.53 Å². The molecule has 0 aromatic carbocycles. The average Bonchev–Trinajstić information content (AvgIpc) is 2.17. The molecule has 1 aliphatic heterocycles. The van der Waals surface area contributed by atoms with Crippen molar-refractivity contribution in [3.8, 4) is 0 Å². The summed E-state index contributed by atoms with van der Waals surface area (Å²) < 4.78 is 5.26. The van der Waals surface area contributed by atoms with Crippen molar-refractivity contribution in [1.82, 2.24) is 9.80 Å². The highest BCUT2D eigenvalue weighted by Gasteiger charge is 2.30. The lowest BCUT2D eigenvalue weighted by Crippen LogP contribution is -2.53. The summed E-state index contributed by atoms with van der Waals surface area (Å²) in [4.78, 5) is 27.0. The number of carbonyl (C=O) groups excluding carboxylic acids is 2. The third-order valence-electron chi connectivity index (χ3n) is 2.56. The van der Waals surface area contributed by atoms with Gasteiger partial charge in [0.15, 0.2) is 0 Å². The maximum atomic E-state index is 11.9. The normalized spacial score (nSPS) is 17.3. The minimum Gasteiger partial charge on any atom is -0.444 e. The van der Waals surface area contributed by atoms with E-state index in [1.54, 1.807) is 0 Å². The Bertz CT molecular complexity index is 321. The summed E-state index contributed by atoms with van der Waals surface area (Å²) in [5, 5.41) is 0. The van der Waals surface area contributed by atoms with Crippen molar-refractivity contribution >= 4 is 12.0 Å². The molecule has 5 nitrogen and oxygen atoms in total. The molecule has 104 valence electrons. The fourth-order valence-electron chi connectivity index (χ4n) is 1.82. The van der Waals surface area contributed by atoms with Crippen LogP contribution in [0.1, 0.15) is 34.6 Å². The quantitative estimate of drug-likeness (QED) is 0.756. The molecule has 0 aliphatic carbocycles. The van der Waals surface area contributed by atoms with E-state index in [-0.39, 0.29) is 12.5 Å². The first-order valence-electron chi connectivity index (χ1n) is 6.45. The van der Waals surface area contributed by atoms with E-state index in [0.29, 0.717) is 19.0 Å². The number of rotatable bonds is 2. The molecule has 0 unspecified atom stereocenters. The van der Waals surface area contributed by atoms with Crippen LogP contribution in [0.5, 0.6) is 0 Å². The van der Waals surface area contributed by atoms with Gasteiger partial charge in [0.2, 0.25) is 5.91 Å². The first-order chi connectivity index (χ1) is 8.19. The van der Waals surface area contributed by atoms with Gasteiger partial charge in [-0.05, 0) is 26.7 Å². The van der Waals surface area contributed by atoms with Gasteiger partial charge in [-0.2, -0.15) is 0 Å². The summed E-state index contributed by atoms with van der Waals surface area (Å²) in [5.41, 5.74) is -0.519. The Labute approximate surface area is 109 Å². The topological polar surface area (TPSA) is 49.9 Å². The average molecular weight is 256 g/mol. The highest BCUT2D eigenvalue weighted by Crippen LogP contribution is 2.13. The molecule has 1 rings (SSSR count). The minimum absolute atomic E-state index is 0.000749. The molecule has 1 saturated heterocycles. The number of hydrogen-bond donors (Lipinski definition) is 0. The van der Waals surface area contributed by atoms with Crippen molar-refractivity contribution in [2.75, 3.05) is 26.2 Å². The van der Waals surface area contributed by atoms with Crippen LogP contribution < -0.4 is 0 Å². The van der Waals surface area contributed by atoms with Crippen LogP contribution in [0.2, 0.25) is 0 Å². The van der Waals surface area contributed by atoms with Crippen molar-refractivity contribution in [2.24, 2.45) is 5.92 Å². The molecular weight excluding hydrogens is 232 g/mol. The number of hydrogen-bond acceptors (Lipinski definition) is 3. The zero-order chi connectivity index (χ0) is 13.9. The lowest BCUT2D eigenvalue weighted by molar-refractivity contribution is -0.136. The SMILES string of the molecule is CC(C)CN1CCN(C(=O)OC(C)(C)C)CC1=O. The highest BCUT2D eigenvalue weighted by molar-refractivity contribution is 5.83. The molecule has 18 heavy (non-hydrogen) atoms. The van der Waals surface area contributed by atoms with Crippen LogP contribution in [0.15, 0.2) is 0 Å². The number of nitrogens with zero attached hydrogens (tertiary/aromatic N) is 2. The lowest BCUT2D eigenvalue weighted by atomic mass is 10.2. The molecule has 1 aliphatic rings. The molecule has 0 aromatic heterocycles. The Morgan fingerprint density at radius 2 is 1.94 bits per heavy atom. The first kappa shape index (κ1) is 14.8. The van der Waals surface area contributed by atoms with Crippen LogP contribution in [0.3, 0.4) is 0 Å². The van der Waals surface area contributed by atoms with Gasteiger partial charge in [-0.1, -0.05) is 13.8 Å². The molecule has 1 fully saturated rings. The minimum atomic E-state index is -0.519. The zero-order valence-electron chi connectivity index (χ0n) is 12.0. The van der Waals surface area contributed by atoms with E-state index in [0.717, 1.165) is 6.54 Å². The van der Waals surface area contributed by atoms with Gasteiger partial charge in [0.25, 0.3) is 0 Å². The van der Waals surface area contributed by atoms with Crippen molar-refractivity contribution in [1.29, 1.82) is 0 Å². The monoisotopic (exact) mass is 256 g/mol. The maximum absolute atomic E-state index is 11.9. The van der Waals surface area contributed by atoms with Crippen LogP contribution in [0, 0.1) is 5.92 Å². The van der Waals surface area contributed by atoms with Gasteiger partial charge < -0.3 is 9.64 Å². The van der Waals surface area contributed by atoms with E-state index in [9.17, 15) is 9.59 Å². The van der Waals surface area contributed by atoms with E-state index in [2.05, 4.69) is 13.8 Å². The Morgan fingerprint density at radius 1 is 1.33 bits per heavy atom. The third-order valence-corrected chi connectivity index (χ3v) is 2.56. The van der Waals surface area contributed by atoms with Crippen LogP contribution >= 0.6 is 0 Å². The molecule has 0 bridgehead atoms. The fourth-order valence-corrected chi connectivity index (χ4v) is 1.82. The molecule has 0 saturated carbocycles. The van der Waals surface area contributed by atoms with Crippen LogP contribution in [0.25, 0.3) is 0 Å². The molecule has 0 aromatic rings. The fraction of sp³-hybridized carbons (Fsp3) is 0.846. The molecule has 0 N–H and O–H groups in total. The molecule has 0 atom stereocenters. The summed E-state index contributed by atoms with van der Waals surface area (Å²) in [6.07, 6.45) is -0.403. The standard InChI is InChI=1S/C13H24N2O3/c1-10(2)8-14-6-7-15(9-11(14)16)12(17)18-13(3,4)5/h10H,6-9H2,1-5H3. The van der Waals surface area contributed by atoms with Gasteiger partial charge >= 0.3 is 6.09 Å². The smallest absolute Gasteiger partial charge is 0.410 e. The van der Waals surface area contributed by atoms with E-state index in [1.807, 2.05) is 25.7 Å². The number of piperazine rings is 1. The Balaban J connectivity index is 2.50. The Kier molecular flexibility index (Phi) is 4.59. The van der Waals surface area contributed by atoms with Crippen molar-refractivity contribution in [3.05, 3.63) is 0 Å². The van der Waals surface area contributed by atoms with E-state index in [4.69, 9.17) is 4.74 Å². The van der Waals surface area contributed by atoms with E-state index >= 15 is 0 Å². The van der Waals surface area contributed by atoms with Gasteiger partial charge in [0.05, 0.1) is 0 Å². The van der Waals surface area contributed by atoms with Gasteiger partial charge in [-0.15, -0.1) is 0 Å².